The molecule has 1 saturated heterocycles. The zero-order valence-corrected chi connectivity index (χ0v) is 15.1. The average Bonchev–Trinajstić information content (AvgIpc) is 3.33. The number of aryl methyl sites for hydroxylation is 1. The van der Waals surface area contributed by atoms with Gasteiger partial charge in [0.1, 0.15) is 11.6 Å². The maximum atomic E-state index is 12.9. The van der Waals surface area contributed by atoms with Crippen LogP contribution in [0.1, 0.15) is 22.3 Å². The van der Waals surface area contributed by atoms with Gasteiger partial charge in [-0.1, -0.05) is 0 Å². The van der Waals surface area contributed by atoms with Crippen LogP contribution in [0.4, 0.5) is 0 Å². The van der Waals surface area contributed by atoms with E-state index < -0.39 is 6.10 Å². The Bertz CT molecular complexity index is 952. The van der Waals surface area contributed by atoms with Crippen LogP contribution in [0.2, 0.25) is 0 Å². The fourth-order valence-corrected chi connectivity index (χ4v) is 2.97. The molecule has 0 bridgehead atoms. The van der Waals surface area contributed by atoms with Crippen LogP contribution >= 0.6 is 0 Å². The molecule has 1 amide bonds. The van der Waals surface area contributed by atoms with Crippen molar-refractivity contribution in [3.63, 3.8) is 0 Å². The minimum Gasteiger partial charge on any atom is -0.383 e. The van der Waals surface area contributed by atoms with Gasteiger partial charge in [-0.2, -0.15) is 9.90 Å². The molecule has 4 rings (SSSR count). The maximum Gasteiger partial charge on any atom is 0.255 e. The predicted molar refractivity (Wildman–Crippen MR) is 92.8 cm³/mol. The van der Waals surface area contributed by atoms with Gasteiger partial charge in [0.05, 0.1) is 43.6 Å². The Morgan fingerprint density at radius 1 is 1.41 bits per heavy atom. The normalized spacial score (nSPS) is 17.6. The van der Waals surface area contributed by atoms with Crippen LogP contribution < -0.4 is 0 Å². The first-order valence-corrected chi connectivity index (χ1v) is 8.61. The fourth-order valence-electron chi connectivity index (χ4n) is 2.97. The quantitative estimate of drug-likeness (QED) is 0.606. The van der Waals surface area contributed by atoms with Crippen molar-refractivity contribution < 1.29 is 14.3 Å². The van der Waals surface area contributed by atoms with Crippen LogP contribution in [0.5, 0.6) is 0 Å². The lowest BCUT2D eigenvalue weighted by Crippen LogP contribution is -2.42. The number of amides is 1. The molecule has 3 aromatic rings. The Kier molecular flexibility index (Phi) is 4.77. The molecule has 3 aromatic heterocycles. The van der Waals surface area contributed by atoms with Gasteiger partial charge < -0.3 is 14.4 Å². The van der Waals surface area contributed by atoms with Gasteiger partial charge in [0.25, 0.3) is 5.91 Å². The van der Waals surface area contributed by atoms with E-state index in [0.717, 1.165) is 11.0 Å². The summed E-state index contributed by atoms with van der Waals surface area (Å²) in [5.74, 6) is 0.356. The van der Waals surface area contributed by atoms with Crippen molar-refractivity contribution in [2.45, 2.75) is 12.6 Å². The van der Waals surface area contributed by atoms with Crippen molar-refractivity contribution in [3.8, 4) is 0 Å². The highest BCUT2D eigenvalue weighted by Crippen LogP contribution is 2.21. The van der Waals surface area contributed by atoms with Crippen LogP contribution in [-0.4, -0.2) is 79.2 Å². The molecular weight excluding hydrogens is 352 g/mol. The second kappa shape index (κ2) is 7.37. The number of ether oxygens (including phenoxy) is 2. The summed E-state index contributed by atoms with van der Waals surface area (Å²) >= 11 is 0. The van der Waals surface area contributed by atoms with Crippen molar-refractivity contribution in [2.24, 2.45) is 7.05 Å². The van der Waals surface area contributed by atoms with Gasteiger partial charge in [0, 0.05) is 26.9 Å². The van der Waals surface area contributed by atoms with Crippen molar-refractivity contribution >= 4 is 16.9 Å². The van der Waals surface area contributed by atoms with E-state index in [1.807, 2.05) is 7.05 Å². The van der Waals surface area contributed by atoms with Gasteiger partial charge in [-0.15, -0.1) is 10.2 Å². The molecule has 0 N–H and O–H groups in total. The van der Waals surface area contributed by atoms with Crippen LogP contribution in [0.3, 0.4) is 0 Å². The summed E-state index contributed by atoms with van der Waals surface area (Å²) in [5.41, 5.74) is 2.09. The molecule has 0 aromatic carbocycles. The number of hydrogen-bond donors (Lipinski definition) is 0. The number of morpholine rings is 1. The minimum atomic E-state index is -0.410. The molecule has 1 fully saturated rings. The fraction of sp³-hybridized carbons (Fsp3) is 0.500. The molecule has 11 heteroatoms. The van der Waals surface area contributed by atoms with Crippen molar-refractivity contribution in [2.75, 3.05) is 33.4 Å². The van der Waals surface area contributed by atoms with Crippen molar-refractivity contribution in [1.29, 1.82) is 0 Å². The lowest BCUT2D eigenvalue weighted by atomic mass is 10.2. The highest BCUT2D eigenvalue weighted by molar-refractivity contribution is 5.96. The molecule has 27 heavy (non-hydrogen) atoms. The number of hydrogen-bond acceptors (Lipinski definition) is 8. The summed E-state index contributed by atoms with van der Waals surface area (Å²) in [6, 6.07) is 1.81. The summed E-state index contributed by atoms with van der Waals surface area (Å²) < 4.78 is 12.4. The van der Waals surface area contributed by atoms with Crippen molar-refractivity contribution in [3.05, 3.63) is 29.8 Å². The third-order valence-corrected chi connectivity index (χ3v) is 4.45. The molecule has 0 spiro atoms. The molecule has 1 atom stereocenters. The van der Waals surface area contributed by atoms with E-state index in [0.29, 0.717) is 44.2 Å². The summed E-state index contributed by atoms with van der Waals surface area (Å²) in [6.07, 6.45) is 2.84. The van der Waals surface area contributed by atoms with Crippen LogP contribution in [0.25, 0.3) is 11.0 Å². The van der Waals surface area contributed by atoms with Gasteiger partial charge in [0.2, 0.25) is 5.82 Å². The van der Waals surface area contributed by atoms with Crippen LogP contribution in [0, 0.1) is 0 Å². The van der Waals surface area contributed by atoms with E-state index >= 15 is 0 Å². The summed E-state index contributed by atoms with van der Waals surface area (Å²) in [4.78, 5) is 20.4. The number of carbonyl (C=O) groups excluding carboxylic acids is 1. The number of aromatic nitrogens is 7. The first-order valence-electron chi connectivity index (χ1n) is 8.61. The number of carbonyl (C=O) groups is 1. The van der Waals surface area contributed by atoms with E-state index in [-0.39, 0.29) is 5.91 Å². The van der Waals surface area contributed by atoms with E-state index in [4.69, 9.17) is 9.47 Å². The van der Waals surface area contributed by atoms with Gasteiger partial charge in [-0.3, -0.25) is 14.5 Å². The zero-order valence-electron chi connectivity index (χ0n) is 15.1. The second-order valence-corrected chi connectivity index (χ2v) is 6.24. The number of pyridine rings is 1. The Hall–Kier alpha value is -2.92. The van der Waals surface area contributed by atoms with Crippen molar-refractivity contribution in [1.82, 2.24) is 39.9 Å². The first kappa shape index (κ1) is 17.5. The molecule has 0 saturated carbocycles. The number of nitrogens with zero attached hydrogens (tertiary/aromatic N) is 8. The van der Waals surface area contributed by atoms with E-state index in [1.54, 1.807) is 35.2 Å². The number of methoxy groups -OCH3 is 1. The highest BCUT2D eigenvalue weighted by atomic mass is 16.5. The lowest BCUT2D eigenvalue weighted by molar-refractivity contribution is -0.0269. The lowest BCUT2D eigenvalue weighted by Gasteiger charge is -2.31. The molecule has 1 aliphatic rings. The Morgan fingerprint density at radius 3 is 3.15 bits per heavy atom. The van der Waals surface area contributed by atoms with E-state index in [1.165, 1.54) is 4.80 Å². The van der Waals surface area contributed by atoms with Gasteiger partial charge >= 0.3 is 0 Å². The summed E-state index contributed by atoms with van der Waals surface area (Å²) in [5, 5.41) is 16.5. The topological polar surface area (TPSA) is 113 Å². The third-order valence-electron chi connectivity index (χ3n) is 4.45. The Balaban J connectivity index is 1.49. The molecule has 1 aliphatic heterocycles. The van der Waals surface area contributed by atoms with Gasteiger partial charge in [-0.05, 0) is 11.3 Å². The monoisotopic (exact) mass is 372 g/mol. The predicted octanol–water partition coefficient (Wildman–Crippen LogP) is -0.185. The smallest absolute Gasteiger partial charge is 0.255 e. The third kappa shape index (κ3) is 3.51. The zero-order chi connectivity index (χ0) is 18.8. The van der Waals surface area contributed by atoms with Crippen LogP contribution in [-0.2, 0) is 23.1 Å². The first-order chi connectivity index (χ1) is 13.2. The molecule has 142 valence electrons. The summed E-state index contributed by atoms with van der Waals surface area (Å²) in [6.45, 7) is 2.27. The second-order valence-electron chi connectivity index (χ2n) is 6.24. The average molecular weight is 372 g/mol. The van der Waals surface area contributed by atoms with E-state index in [2.05, 4.69) is 25.5 Å². The minimum absolute atomic E-state index is 0.106. The largest absolute Gasteiger partial charge is 0.383 e. The molecule has 0 radical (unpaired) electrons. The molecule has 4 heterocycles. The number of rotatable bonds is 5. The summed E-state index contributed by atoms with van der Waals surface area (Å²) in [7, 11) is 3.44. The van der Waals surface area contributed by atoms with E-state index in [9.17, 15) is 4.79 Å². The van der Waals surface area contributed by atoms with Gasteiger partial charge in [0.15, 0.2) is 0 Å². The number of tetrazole rings is 1. The molecule has 11 nitrogen and oxygen atoms in total. The molecular formula is C16H20N8O3. The highest BCUT2D eigenvalue weighted by Gasteiger charge is 2.29. The number of fused-ring (bicyclic) bond motifs is 1. The van der Waals surface area contributed by atoms with Crippen LogP contribution in [0.15, 0.2) is 18.5 Å². The SMILES string of the molecule is COCCn1nnc(C2CN(C(=O)c3cnc4cnn(C)c4c3)CCO2)n1. The Labute approximate surface area is 154 Å². The standard InChI is InChI=1S/C16H20N8O3/c1-22-13-7-11(8-17-12(13)9-18-22)16(25)23-3-6-27-14(10-23)15-19-21-24(20-15)4-5-26-2/h7-9,14H,3-6,10H2,1-2H3. The molecule has 1 unspecified atom stereocenters. The van der Waals surface area contributed by atoms with Gasteiger partial charge in [-0.25, -0.2) is 0 Å². The Morgan fingerprint density at radius 2 is 2.30 bits per heavy atom. The maximum absolute atomic E-state index is 12.9. The molecule has 0 aliphatic carbocycles.